The van der Waals surface area contributed by atoms with Crippen LogP contribution in [0.1, 0.15) is 18.1 Å². The lowest BCUT2D eigenvalue weighted by Crippen LogP contribution is -1.95. The van der Waals surface area contributed by atoms with Gasteiger partial charge in [-0.05, 0) is 31.5 Å². The average molecular weight is 211 g/mol. The van der Waals surface area contributed by atoms with Crippen molar-refractivity contribution in [3.8, 4) is 0 Å². The minimum Gasteiger partial charge on any atom is -0.253 e. The monoisotopic (exact) mass is 211 g/mol. The van der Waals surface area contributed by atoms with Gasteiger partial charge in [-0.2, -0.15) is 0 Å². The van der Waals surface area contributed by atoms with E-state index in [0.717, 1.165) is 17.0 Å². The van der Waals surface area contributed by atoms with Gasteiger partial charge in [-0.1, -0.05) is 12.1 Å². The van der Waals surface area contributed by atoms with Gasteiger partial charge in [-0.15, -0.1) is 0 Å². The number of hydrogen-bond acceptors (Lipinski definition) is 3. The molecule has 0 bridgehead atoms. The SMILES string of the molecule is CC(=Nc1cccc(C)c1)c1cncnc1. The van der Waals surface area contributed by atoms with Gasteiger partial charge in [-0.25, -0.2) is 9.97 Å². The van der Waals surface area contributed by atoms with Crippen LogP contribution in [0.3, 0.4) is 0 Å². The van der Waals surface area contributed by atoms with Crippen molar-refractivity contribution in [1.82, 2.24) is 9.97 Å². The van der Waals surface area contributed by atoms with Gasteiger partial charge in [0.2, 0.25) is 0 Å². The molecule has 2 aromatic rings. The third kappa shape index (κ3) is 2.51. The smallest absolute Gasteiger partial charge is 0.115 e. The van der Waals surface area contributed by atoms with Crippen LogP contribution >= 0.6 is 0 Å². The Hall–Kier alpha value is -2.03. The molecule has 0 spiro atoms. The minimum absolute atomic E-state index is 0.922. The maximum Gasteiger partial charge on any atom is 0.115 e. The van der Waals surface area contributed by atoms with Crippen LogP contribution in [0.2, 0.25) is 0 Å². The van der Waals surface area contributed by atoms with E-state index in [1.165, 1.54) is 11.9 Å². The largest absolute Gasteiger partial charge is 0.253 e. The number of benzene rings is 1. The van der Waals surface area contributed by atoms with Crippen molar-refractivity contribution in [2.75, 3.05) is 0 Å². The molecule has 0 N–H and O–H groups in total. The Labute approximate surface area is 94.9 Å². The highest BCUT2D eigenvalue weighted by atomic mass is 14.8. The molecule has 1 aromatic heterocycles. The predicted octanol–water partition coefficient (Wildman–Crippen LogP) is 2.93. The minimum atomic E-state index is 0.922. The Bertz CT molecular complexity index is 504. The maximum absolute atomic E-state index is 4.53. The predicted molar refractivity (Wildman–Crippen MR) is 65.1 cm³/mol. The van der Waals surface area contributed by atoms with Crippen LogP contribution in [0.5, 0.6) is 0 Å². The lowest BCUT2D eigenvalue weighted by atomic mass is 10.2. The first-order valence-electron chi connectivity index (χ1n) is 5.13. The number of aromatic nitrogens is 2. The lowest BCUT2D eigenvalue weighted by molar-refractivity contribution is 1.16. The summed E-state index contributed by atoms with van der Waals surface area (Å²) in [5.74, 6) is 0. The molecule has 2 rings (SSSR count). The average Bonchev–Trinajstić information content (AvgIpc) is 2.30. The van der Waals surface area contributed by atoms with Crippen molar-refractivity contribution in [3.63, 3.8) is 0 Å². The third-order valence-electron chi connectivity index (χ3n) is 2.28. The zero-order valence-electron chi connectivity index (χ0n) is 9.38. The van der Waals surface area contributed by atoms with Crippen molar-refractivity contribution >= 4 is 11.4 Å². The summed E-state index contributed by atoms with van der Waals surface area (Å²) in [6.45, 7) is 4.01. The molecule has 0 radical (unpaired) electrons. The van der Waals surface area contributed by atoms with E-state index in [9.17, 15) is 0 Å². The molecular weight excluding hydrogens is 198 g/mol. The van der Waals surface area contributed by atoms with Gasteiger partial charge in [0.25, 0.3) is 0 Å². The fourth-order valence-electron chi connectivity index (χ4n) is 1.44. The zero-order valence-corrected chi connectivity index (χ0v) is 9.38. The van der Waals surface area contributed by atoms with Gasteiger partial charge < -0.3 is 0 Å². The highest BCUT2D eigenvalue weighted by molar-refractivity contribution is 5.99. The standard InChI is InChI=1S/C13H13N3/c1-10-4-3-5-13(6-10)16-11(2)12-7-14-9-15-8-12/h3-9H,1-2H3. The Kier molecular flexibility index (Phi) is 3.05. The Morgan fingerprint density at radius 1 is 1.19 bits per heavy atom. The molecule has 0 saturated carbocycles. The van der Waals surface area contributed by atoms with E-state index in [1.54, 1.807) is 12.4 Å². The molecule has 16 heavy (non-hydrogen) atoms. The van der Waals surface area contributed by atoms with E-state index in [4.69, 9.17) is 0 Å². The second-order valence-electron chi connectivity index (χ2n) is 3.66. The molecule has 0 aliphatic rings. The van der Waals surface area contributed by atoms with E-state index in [0.29, 0.717) is 0 Å². The fraction of sp³-hybridized carbons (Fsp3) is 0.154. The van der Waals surface area contributed by atoms with E-state index in [-0.39, 0.29) is 0 Å². The van der Waals surface area contributed by atoms with Gasteiger partial charge in [0.1, 0.15) is 6.33 Å². The number of aliphatic imine (C=N–C) groups is 1. The second-order valence-corrected chi connectivity index (χ2v) is 3.66. The highest BCUT2D eigenvalue weighted by Gasteiger charge is 1.97. The summed E-state index contributed by atoms with van der Waals surface area (Å²) in [5, 5.41) is 0. The van der Waals surface area contributed by atoms with Crippen LogP contribution in [0.15, 0.2) is 48.0 Å². The molecule has 80 valence electrons. The van der Waals surface area contributed by atoms with E-state index in [2.05, 4.69) is 28.0 Å². The molecule has 3 heteroatoms. The normalized spacial score (nSPS) is 11.5. The molecule has 1 heterocycles. The quantitative estimate of drug-likeness (QED) is 0.716. The Morgan fingerprint density at radius 3 is 2.62 bits per heavy atom. The molecule has 0 unspecified atom stereocenters. The van der Waals surface area contributed by atoms with Crippen LogP contribution in [0.4, 0.5) is 5.69 Å². The van der Waals surface area contributed by atoms with Crippen molar-refractivity contribution in [1.29, 1.82) is 0 Å². The van der Waals surface area contributed by atoms with Crippen molar-refractivity contribution in [2.45, 2.75) is 13.8 Å². The first-order valence-corrected chi connectivity index (χ1v) is 5.13. The summed E-state index contributed by atoms with van der Waals surface area (Å²) in [6.07, 6.45) is 5.05. The van der Waals surface area contributed by atoms with Crippen molar-refractivity contribution < 1.29 is 0 Å². The summed E-state index contributed by atoms with van der Waals surface area (Å²) in [7, 11) is 0. The summed E-state index contributed by atoms with van der Waals surface area (Å²) >= 11 is 0. The van der Waals surface area contributed by atoms with Gasteiger partial charge in [0, 0.05) is 23.7 Å². The zero-order chi connectivity index (χ0) is 11.4. The number of rotatable bonds is 2. The van der Waals surface area contributed by atoms with Gasteiger partial charge in [0.05, 0.1) is 5.69 Å². The Morgan fingerprint density at radius 2 is 1.94 bits per heavy atom. The second kappa shape index (κ2) is 4.66. The first-order chi connectivity index (χ1) is 7.75. The van der Waals surface area contributed by atoms with E-state index < -0.39 is 0 Å². The molecule has 0 fully saturated rings. The third-order valence-corrected chi connectivity index (χ3v) is 2.28. The molecule has 0 aliphatic carbocycles. The highest BCUT2D eigenvalue weighted by Crippen LogP contribution is 2.15. The summed E-state index contributed by atoms with van der Waals surface area (Å²) in [4.78, 5) is 12.5. The first kappa shape index (κ1) is 10.5. The molecule has 0 amide bonds. The van der Waals surface area contributed by atoms with Crippen LogP contribution in [-0.4, -0.2) is 15.7 Å². The molecule has 0 saturated heterocycles. The number of hydrogen-bond donors (Lipinski definition) is 0. The number of nitrogens with zero attached hydrogens (tertiary/aromatic N) is 3. The van der Waals surface area contributed by atoms with Crippen LogP contribution in [-0.2, 0) is 0 Å². The maximum atomic E-state index is 4.53. The van der Waals surface area contributed by atoms with Crippen LogP contribution in [0.25, 0.3) is 0 Å². The molecule has 1 aromatic carbocycles. The summed E-state index contributed by atoms with van der Waals surface area (Å²) < 4.78 is 0. The fourth-order valence-corrected chi connectivity index (χ4v) is 1.44. The molecule has 3 nitrogen and oxygen atoms in total. The molecule has 0 aliphatic heterocycles. The van der Waals surface area contributed by atoms with E-state index >= 15 is 0 Å². The topological polar surface area (TPSA) is 38.1 Å². The van der Waals surface area contributed by atoms with Crippen molar-refractivity contribution in [3.05, 3.63) is 54.1 Å². The van der Waals surface area contributed by atoms with Gasteiger partial charge in [-0.3, -0.25) is 4.99 Å². The summed E-state index contributed by atoms with van der Waals surface area (Å²) in [6, 6.07) is 8.09. The molecular formula is C13H13N3. The molecule has 0 atom stereocenters. The lowest BCUT2D eigenvalue weighted by Gasteiger charge is -2.00. The van der Waals surface area contributed by atoms with Gasteiger partial charge in [0.15, 0.2) is 0 Å². The van der Waals surface area contributed by atoms with Crippen molar-refractivity contribution in [2.24, 2.45) is 4.99 Å². The van der Waals surface area contributed by atoms with Crippen LogP contribution < -0.4 is 0 Å². The van der Waals surface area contributed by atoms with Gasteiger partial charge >= 0.3 is 0 Å². The van der Waals surface area contributed by atoms with E-state index in [1.807, 2.05) is 25.1 Å². The summed E-state index contributed by atoms with van der Waals surface area (Å²) in [5.41, 5.74) is 4.04. The number of aryl methyl sites for hydroxylation is 1. The van der Waals surface area contributed by atoms with Crippen LogP contribution in [0, 0.1) is 6.92 Å². The Balaban J connectivity index is 2.32.